The lowest BCUT2D eigenvalue weighted by molar-refractivity contribution is 0.112. The number of anilines is 1. The highest BCUT2D eigenvalue weighted by molar-refractivity contribution is 8.00. The first-order chi connectivity index (χ1) is 9.10. The summed E-state index contributed by atoms with van der Waals surface area (Å²) in [6.45, 7) is 0. The van der Waals surface area contributed by atoms with Gasteiger partial charge in [-0.2, -0.15) is 0 Å². The molecule has 0 fully saturated rings. The van der Waals surface area contributed by atoms with Crippen LogP contribution < -0.4 is 4.72 Å². The highest BCUT2D eigenvalue weighted by Gasteiger charge is 2.04. The van der Waals surface area contributed by atoms with Gasteiger partial charge in [0.05, 0.1) is 15.7 Å². The molecular weight excluding hydrogens is 325 g/mol. The van der Waals surface area contributed by atoms with Crippen molar-refractivity contribution in [2.75, 3.05) is 4.72 Å². The summed E-state index contributed by atoms with van der Waals surface area (Å²) >= 11 is 19.0. The monoisotopic (exact) mass is 331 g/mol. The second-order valence-electron chi connectivity index (χ2n) is 3.63. The number of aldehydes is 1. The number of carbonyl (C=O) groups excluding carboxylic acids is 1. The summed E-state index contributed by atoms with van der Waals surface area (Å²) in [5.41, 5.74) is 1.19. The van der Waals surface area contributed by atoms with Gasteiger partial charge in [-0.25, -0.2) is 0 Å². The first-order valence-electron chi connectivity index (χ1n) is 5.23. The van der Waals surface area contributed by atoms with Gasteiger partial charge in [-0.1, -0.05) is 34.8 Å². The maximum Gasteiger partial charge on any atom is 0.152 e. The third kappa shape index (κ3) is 3.80. The van der Waals surface area contributed by atoms with Gasteiger partial charge in [0.2, 0.25) is 0 Å². The fraction of sp³-hybridized carbons (Fsp3) is 0. The Morgan fingerprint density at radius 3 is 2.47 bits per heavy atom. The van der Waals surface area contributed by atoms with E-state index in [0.29, 0.717) is 26.3 Å². The van der Waals surface area contributed by atoms with Gasteiger partial charge in [0.25, 0.3) is 0 Å². The zero-order chi connectivity index (χ0) is 13.8. The van der Waals surface area contributed by atoms with Crippen molar-refractivity contribution < 1.29 is 4.79 Å². The maximum atomic E-state index is 10.9. The van der Waals surface area contributed by atoms with Crippen LogP contribution in [0.3, 0.4) is 0 Å². The van der Waals surface area contributed by atoms with E-state index in [9.17, 15) is 4.79 Å². The molecule has 98 valence electrons. The van der Waals surface area contributed by atoms with E-state index in [1.807, 2.05) is 6.07 Å². The molecule has 0 amide bonds. The van der Waals surface area contributed by atoms with E-state index in [1.54, 1.807) is 30.3 Å². The van der Waals surface area contributed by atoms with Crippen LogP contribution in [0.2, 0.25) is 15.1 Å². The predicted octanol–water partition coefficient (Wildman–Crippen LogP) is 5.58. The second kappa shape index (κ2) is 6.53. The average Bonchev–Trinajstić information content (AvgIpc) is 2.40. The molecule has 2 aromatic rings. The second-order valence-corrected chi connectivity index (χ2v) is 5.76. The first-order valence-corrected chi connectivity index (χ1v) is 7.18. The van der Waals surface area contributed by atoms with Crippen LogP contribution in [0.25, 0.3) is 0 Å². The lowest BCUT2D eigenvalue weighted by Crippen LogP contribution is -1.92. The normalized spacial score (nSPS) is 10.3. The summed E-state index contributed by atoms with van der Waals surface area (Å²) in [7, 11) is 0. The minimum atomic E-state index is 0.482. The van der Waals surface area contributed by atoms with Gasteiger partial charge in [0.15, 0.2) is 6.29 Å². The molecule has 6 heteroatoms. The van der Waals surface area contributed by atoms with Crippen LogP contribution in [0, 0.1) is 0 Å². The van der Waals surface area contributed by atoms with E-state index >= 15 is 0 Å². The molecule has 0 bridgehead atoms. The first kappa shape index (κ1) is 14.5. The number of hydrogen-bond donors (Lipinski definition) is 1. The minimum Gasteiger partial charge on any atom is -0.325 e. The molecule has 0 heterocycles. The van der Waals surface area contributed by atoms with Gasteiger partial charge in [0, 0.05) is 15.5 Å². The van der Waals surface area contributed by atoms with Crippen LogP contribution in [0.1, 0.15) is 10.4 Å². The van der Waals surface area contributed by atoms with Gasteiger partial charge < -0.3 is 4.72 Å². The highest BCUT2D eigenvalue weighted by Crippen LogP contribution is 2.30. The Labute approximate surface area is 130 Å². The van der Waals surface area contributed by atoms with Crippen molar-refractivity contribution in [2.24, 2.45) is 0 Å². The molecule has 0 aromatic heterocycles. The van der Waals surface area contributed by atoms with Crippen molar-refractivity contribution in [1.29, 1.82) is 0 Å². The number of nitrogens with one attached hydrogen (secondary N) is 1. The number of carbonyl (C=O) groups is 1. The standard InChI is InChI=1S/C13H8Cl3NOS/c14-9-2-1-8(7-18)13(5-9)17-19-10-3-4-11(15)12(16)6-10/h1-7,17H. The molecule has 0 radical (unpaired) electrons. The summed E-state index contributed by atoms with van der Waals surface area (Å²) in [6.07, 6.45) is 0.772. The number of hydrogen-bond acceptors (Lipinski definition) is 3. The van der Waals surface area contributed by atoms with Crippen LogP contribution in [0.4, 0.5) is 5.69 Å². The fourth-order valence-corrected chi connectivity index (χ4v) is 2.63. The molecule has 19 heavy (non-hydrogen) atoms. The van der Waals surface area contributed by atoms with E-state index in [0.717, 1.165) is 11.2 Å². The summed E-state index contributed by atoms with van der Waals surface area (Å²) in [5, 5.41) is 1.54. The molecule has 2 nitrogen and oxygen atoms in total. The van der Waals surface area contributed by atoms with E-state index in [2.05, 4.69) is 4.72 Å². The van der Waals surface area contributed by atoms with Gasteiger partial charge in [0.1, 0.15) is 0 Å². The van der Waals surface area contributed by atoms with Crippen LogP contribution in [-0.2, 0) is 0 Å². The quantitative estimate of drug-likeness (QED) is 0.585. The van der Waals surface area contributed by atoms with Crippen molar-refractivity contribution in [2.45, 2.75) is 4.90 Å². The van der Waals surface area contributed by atoms with Gasteiger partial charge in [-0.15, -0.1) is 0 Å². The van der Waals surface area contributed by atoms with Gasteiger partial charge in [-0.05, 0) is 48.3 Å². The van der Waals surface area contributed by atoms with Crippen molar-refractivity contribution in [3.05, 3.63) is 57.0 Å². The molecule has 0 unspecified atom stereocenters. The third-order valence-electron chi connectivity index (χ3n) is 2.31. The summed E-state index contributed by atoms with van der Waals surface area (Å²) in [5.74, 6) is 0. The molecule has 0 aliphatic heterocycles. The Kier molecular flexibility index (Phi) is 4.99. The molecule has 0 aliphatic rings. The van der Waals surface area contributed by atoms with Crippen molar-refractivity contribution in [1.82, 2.24) is 0 Å². The van der Waals surface area contributed by atoms with Crippen LogP contribution in [-0.4, -0.2) is 6.29 Å². The topological polar surface area (TPSA) is 29.1 Å². The summed E-state index contributed by atoms with van der Waals surface area (Å²) < 4.78 is 3.07. The van der Waals surface area contributed by atoms with E-state index in [-0.39, 0.29) is 0 Å². The predicted molar refractivity (Wildman–Crippen MR) is 82.8 cm³/mol. The Morgan fingerprint density at radius 1 is 1.00 bits per heavy atom. The molecule has 0 saturated carbocycles. The number of benzene rings is 2. The maximum absolute atomic E-state index is 10.9. The molecule has 0 saturated heterocycles. The summed E-state index contributed by atoms with van der Waals surface area (Å²) in [4.78, 5) is 11.8. The molecule has 0 aliphatic carbocycles. The Hall–Kier alpha value is -0.870. The highest BCUT2D eigenvalue weighted by atomic mass is 35.5. The molecule has 0 spiro atoms. The van der Waals surface area contributed by atoms with E-state index < -0.39 is 0 Å². The minimum absolute atomic E-state index is 0.482. The lowest BCUT2D eigenvalue weighted by atomic mass is 10.2. The zero-order valence-electron chi connectivity index (χ0n) is 9.49. The average molecular weight is 333 g/mol. The third-order valence-corrected chi connectivity index (χ3v) is 4.10. The molecule has 2 aromatic carbocycles. The molecule has 0 atom stereocenters. The van der Waals surface area contributed by atoms with Crippen LogP contribution in [0.5, 0.6) is 0 Å². The molecule has 2 rings (SSSR count). The Morgan fingerprint density at radius 2 is 1.79 bits per heavy atom. The molecular formula is C13H8Cl3NOS. The van der Waals surface area contributed by atoms with E-state index in [4.69, 9.17) is 34.8 Å². The smallest absolute Gasteiger partial charge is 0.152 e. The fourth-order valence-electron chi connectivity index (χ4n) is 1.37. The molecule has 1 N–H and O–H groups in total. The lowest BCUT2D eigenvalue weighted by Gasteiger charge is -2.08. The SMILES string of the molecule is O=Cc1ccc(Cl)cc1NSc1ccc(Cl)c(Cl)c1. The van der Waals surface area contributed by atoms with Gasteiger partial charge >= 0.3 is 0 Å². The number of halogens is 3. The largest absolute Gasteiger partial charge is 0.325 e. The zero-order valence-corrected chi connectivity index (χ0v) is 12.6. The van der Waals surface area contributed by atoms with Crippen LogP contribution in [0.15, 0.2) is 41.3 Å². The van der Waals surface area contributed by atoms with Crippen LogP contribution >= 0.6 is 46.8 Å². The Bertz CT molecular complexity index is 619. The van der Waals surface area contributed by atoms with Crippen molar-refractivity contribution >= 4 is 58.7 Å². The van der Waals surface area contributed by atoms with Crippen molar-refractivity contribution in [3.8, 4) is 0 Å². The Balaban J connectivity index is 2.16. The number of rotatable bonds is 4. The van der Waals surface area contributed by atoms with Gasteiger partial charge in [-0.3, -0.25) is 4.79 Å². The van der Waals surface area contributed by atoms with E-state index in [1.165, 1.54) is 11.9 Å². The summed E-state index contributed by atoms with van der Waals surface area (Å²) in [6, 6.07) is 10.3. The van der Waals surface area contributed by atoms with Crippen molar-refractivity contribution in [3.63, 3.8) is 0 Å².